The van der Waals surface area contributed by atoms with E-state index in [0.717, 1.165) is 12.0 Å². The predicted octanol–water partition coefficient (Wildman–Crippen LogP) is 2.08. The van der Waals surface area contributed by atoms with Crippen molar-refractivity contribution in [2.45, 2.75) is 39.2 Å². The third-order valence-corrected chi connectivity index (χ3v) is 5.00. The Bertz CT molecular complexity index is 556. The molecule has 0 aliphatic rings. The predicted molar refractivity (Wildman–Crippen MR) is 85.8 cm³/mol. The van der Waals surface area contributed by atoms with Gasteiger partial charge in [-0.1, -0.05) is 31.5 Å². The second-order valence-corrected chi connectivity index (χ2v) is 7.32. The van der Waals surface area contributed by atoms with E-state index < -0.39 is 9.84 Å². The Morgan fingerprint density at radius 1 is 1.19 bits per heavy atom. The van der Waals surface area contributed by atoms with E-state index >= 15 is 0 Å². The molecule has 0 spiro atoms. The molecule has 0 bridgehead atoms. The summed E-state index contributed by atoms with van der Waals surface area (Å²) < 4.78 is 23.4. The SMILES string of the molecule is CCCCS(=O)(=O)CCCC(=O)Nc1ccccc1CN. The standard InChI is InChI=1S/C15H24N2O3S/c1-2-3-10-21(19,20)11-6-9-15(18)17-14-8-5-4-7-13(14)12-16/h4-5,7-8H,2-3,6,9-12,16H2,1H3,(H,17,18). The Balaban J connectivity index is 2.41. The number of carbonyl (C=O) groups excluding carboxylic acids is 1. The largest absolute Gasteiger partial charge is 0.326 e. The van der Waals surface area contributed by atoms with Crippen LogP contribution in [0.5, 0.6) is 0 Å². The summed E-state index contributed by atoms with van der Waals surface area (Å²) in [6.45, 7) is 2.31. The number of para-hydroxylation sites is 1. The van der Waals surface area contributed by atoms with Gasteiger partial charge in [-0.2, -0.15) is 0 Å². The molecule has 0 aromatic heterocycles. The average molecular weight is 312 g/mol. The van der Waals surface area contributed by atoms with Crippen molar-refractivity contribution in [1.29, 1.82) is 0 Å². The van der Waals surface area contributed by atoms with Gasteiger partial charge in [0.1, 0.15) is 9.84 Å². The Labute approximate surface area is 126 Å². The van der Waals surface area contributed by atoms with Crippen molar-refractivity contribution in [2.75, 3.05) is 16.8 Å². The third kappa shape index (κ3) is 6.73. The summed E-state index contributed by atoms with van der Waals surface area (Å²) in [5, 5.41) is 2.78. The molecule has 1 aromatic rings. The van der Waals surface area contributed by atoms with Gasteiger partial charge in [0.25, 0.3) is 0 Å². The smallest absolute Gasteiger partial charge is 0.224 e. The van der Waals surface area contributed by atoms with Crippen LogP contribution in [0.4, 0.5) is 5.69 Å². The van der Waals surface area contributed by atoms with Gasteiger partial charge in [0, 0.05) is 18.7 Å². The molecule has 3 N–H and O–H groups in total. The Morgan fingerprint density at radius 3 is 2.52 bits per heavy atom. The van der Waals surface area contributed by atoms with Crippen LogP contribution in [0.1, 0.15) is 38.2 Å². The highest BCUT2D eigenvalue weighted by Gasteiger charge is 2.12. The first kappa shape index (κ1) is 17.7. The van der Waals surface area contributed by atoms with E-state index in [2.05, 4.69) is 5.32 Å². The van der Waals surface area contributed by atoms with Crippen molar-refractivity contribution in [3.63, 3.8) is 0 Å². The number of carbonyl (C=O) groups is 1. The van der Waals surface area contributed by atoms with Gasteiger partial charge >= 0.3 is 0 Å². The molecule has 21 heavy (non-hydrogen) atoms. The fourth-order valence-corrected chi connectivity index (χ4v) is 3.47. The summed E-state index contributed by atoms with van der Waals surface area (Å²) >= 11 is 0. The van der Waals surface area contributed by atoms with E-state index in [1.54, 1.807) is 6.07 Å². The fraction of sp³-hybridized carbons (Fsp3) is 0.533. The molecule has 0 saturated heterocycles. The molecule has 1 rings (SSSR count). The van der Waals surface area contributed by atoms with Gasteiger partial charge in [-0.25, -0.2) is 8.42 Å². The maximum Gasteiger partial charge on any atom is 0.224 e. The number of sulfone groups is 1. The van der Waals surface area contributed by atoms with Crippen LogP contribution in [0.3, 0.4) is 0 Å². The number of anilines is 1. The Kier molecular flexibility index (Phi) is 7.39. The zero-order chi connectivity index (χ0) is 15.7. The number of nitrogens with one attached hydrogen (secondary N) is 1. The van der Waals surface area contributed by atoms with Crippen LogP contribution in [0.15, 0.2) is 24.3 Å². The lowest BCUT2D eigenvalue weighted by molar-refractivity contribution is -0.116. The van der Waals surface area contributed by atoms with Crippen molar-refractivity contribution < 1.29 is 13.2 Å². The van der Waals surface area contributed by atoms with Gasteiger partial charge < -0.3 is 11.1 Å². The molecule has 1 aromatic carbocycles. The topological polar surface area (TPSA) is 89.3 Å². The monoisotopic (exact) mass is 312 g/mol. The lowest BCUT2D eigenvalue weighted by Crippen LogP contribution is -2.17. The van der Waals surface area contributed by atoms with E-state index in [-0.39, 0.29) is 23.8 Å². The van der Waals surface area contributed by atoms with Crippen molar-refractivity contribution in [2.24, 2.45) is 5.73 Å². The molecule has 6 heteroatoms. The number of amides is 1. The van der Waals surface area contributed by atoms with Gasteiger partial charge in [-0.3, -0.25) is 4.79 Å². The lowest BCUT2D eigenvalue weighted by atomic mass is 10.1. The minimum absolute atomic E-state index is 0.0684. The molecule has 0 saturated carbocycles. The van der Waals surface area contributed by atoms with Crippen LogP contribution in [-0.2, 0) is 21.2 Å². The van der Waals surface area contributed by atoms with Gasteiger partial charge in [-0.05, 0) is 24.5 Å². The van der Waals surface area contributed by atoms with Crippen molar-refractivity contribution in [1.82, 2.24) is 0 Å². The van der Waals surface area contributed by atoms with E-state index in [4.69, 9.17) is 5.73 Å². The summed E-state index contributed by atoms with van der Waals surface area (Å²) in [5.74, 6) is 0.0988. The minimum Gasteiger partial charge on any atom is -0.326 e. The highest BCUT2D eigenvalue weighted by molar-refractivity contribution is 7.91. The maximum absolute atomic E-state index is 11.8. The second-order valence-electron chi connectivity index (χ2n) is 5.02. The first-order valence-electron chi connectivity index (χ1n) is 7.26. The number of benzene rings is 1. The highest BCUT2D eigenvalue weighted by Crippen LogP contribution is 2.14. The summed E-state index contributed by atoms with van der Waals surface area (Å²) in [6.07, 6.45) is 2.08. The number of unbranched alkanes of at least 4 members (excludes halogenated alkanes) is 1. The molecule has 0 radical (unpaired) electrons. The quantitative estimate of drug-likeness (QED) is 0.730. The van der Waals surface area contributed by atoms with Crippen LogP contribution < -0.4 is 11.1 Å². The molecule has 0 aliphatic carbocycles. The van der Waals surface area contributed by atoms with Crippen LogP contribution in [0, 0.1) is 0 Å². The Hall–Kier alpha value is -1.40. The number of nitrogens with two attached hydrogens (primary N) is 1. The summed E-state index contributed by atoms with van der Waals surface area (Å²) in [6, 6.07) is 7.32. The molecule has 0 heterocycles. The molecular weight excluding hydrogens is 288 g/mol. The molecule has 1 amide bonds. The zero-order valence-corrected chi connectivity index (χ0v) is 13.3. The maximum atomic E-state index is 11.8. The van der Waals surface area contributed by atoms with Crippen LogP contribution in [0.2, 0.25) is 0 Å². The number of hydrogen-bond acceptors (Lipinski definition) is 4. The molecule has 0 unspecified atom stereocenters. The minimum atomic E-state index is -3.03. The molecule has 0 aliphatic heterocycles. The summed E-state index contributed by atoms with van der Waals surface area (Å²) in [7, 11) is -3.03. The number of hydrogen-bond donors (Lipinski definition) is 2. The zero-order valence-electron chi connectivity index (χ0n) is 12.5. The summed E-state index contributed by atoms with van der Waals surface area (Å²) in [5.41, 5.74) is 7.16. The molecule has 118 valence electrons. The molecule has 5 nitrogen and oxygen atoms in total. The van der Waals surface area contributed by atoms with Gasteiger partial charge in [0.05, 0.1) is 11.5 Å². The molecule has 0 fully saturated rings. The second kappa shape index (κ2) is 8.79. The van der Waals surface area contributed by atoms with Crippen LogP contribution in [0.25, 0.3) is 0 Å². The van der Waals surface area contributed by atoms with E-state index in [0.29, 0.717) is 25.1 Å². The molecule has 0 atom stereocenters. The summed E-state index contributed by atoms with van der Waals surface area (Å²) in [4.78, 5) is 11.8. The normalized spacial score (nSPS) is 11.3. The van der Waals surface area contributed by atoms with Gasteiger partial charge in [-0.15, -0.1) is 0 Å². The lowest BCUT2D eigenvalue weighted by Gasteiger charge is -2.09. The average Bonchev–Trinajstić information content (AvgIpc) is 2.45. The van der Waals surface area contributed by atoms with E-state index in [1.165, 1.54) is 0 Å². The first-order valence-corrected chi connectivity index (χ1v) is 9.09. The van der Waals surface area contributed by atoms with Crippen LogP contribution in [-0.4, -0.2) is 25.8 Å². The van der Waals surface area contributed by atoms with Crippen LogP contribution >= 0.6 is 0 Å². The number of rotatable bonds is 9. The van der Waals surface area contributed by atoms with Gasteiger partial charge in [0.2, 0.25) is 5.91 Å². The van der Waals surface area contributed by atoms with Crippen molar-refractivity contribution in [3.05, 3.63) is 29.8 Å². The fourth-order valence-electron chi connectivity index (χ4n) is 1.95. The van der Waals surface area contributed by atoms with E-state index in [9.17, 15) is 13.2 Å². The highest BCUT2D eigenvalue weighted by atomic mass is 32.2. The first-order chi connectivity index (χ1) is 9.98. The Morgan fingerprint density at radius 2 is 1.86 bits per heavy atom. The van der Waals surface area contributed by atoms with Crippen molar-refractivity contribution >= 4 is 21.4 Å². The van der Waals surface area contributed by atoms with Gasteiger partial charge in [0.15, 0.2) is 0 Å². The van der Waals surface area contributed by atoms with E-state index in [1.807, 2.05) is 25.1 Å². The van der Waals surface area contributed by atoms with Crippen molar-refractivity contribution in [3.8, 4) is 0 Å². The molecular formula is C15H24N2O3S. The third-order valence-electron chi connectivity index (χ3n) is 3.18.